The van der Waals surface area contributed by atoms with E-state index in [1.807, 2.05) is 42.5 Å². The first kappa shape index (κ1) is 22.9. The summed E-state index contributed by atoms with van der Waals surface area (Å²) in [5.41, 5.74) is 2.72. The number of nitrogens with one attached hydrogen (secondary N) is 1. The summed E-state index contributed by atoms with van der Waals surface area (Å²) in [4.78, 5) is 42.9. The molecule has 0 radical (unpaired) electrons. The topological polar surface area (TPSA) is 88.6 Å². The van der Waals surface area contributed by atoms with E-state index in [9.17, 15) is 14.4 Å². The zero-order chi connectivity index (χ0) is 23.2. The molecule has 8 heteroatoms. The van der Waals surface area contributed by atoms with Crippen LogP contribution < -0.4 is 5.32 Å². The first-order valence-corrected chi connectivity index (χ1v) is 12.0. The number of para-hydroxylation sites is 1. The van der Waals surface area contributed by atoms with Crippen molar-refractivity contribution in [2.24, 2.45) is 0 Å². The summed E-state index contributed by atoms with van der Waals surface area (Å²) in [6, 6.07) is 15.6. The SMILES string of the molecule is C[C@H](OC(=O)CN1CCCCCC1=O)C(=O)Nc1ccc(Cc2nc3ccccc3s2)cc1. The molecule has 7 nitrogen and oxygen atoms in total. The van der Waals surface area contributed by atoms with E-state index in [1.165, 1.54) is 16.5 Å². The molecular formula is C25H27N3O4S. The molecule has 0 spiro atoms. The van der Waals surface area contributed by atoms with E-state index >= 15 is 0 Å². The summed E-state index contributed by atoms with van der Waals surface area (Å²) >= 11 is 1.68. The molecule has 1 aromatic heterocycles. The number of fused-ring (bicyclic) bond motifs is 1. The third-order valence-corrected chi connectivity index (χ3v) is 6.62. The molecule has 172 valence electrons. The predicted molar refractivity (Wildman–Crippen MR) is 128 cm³/mol. The molecule has 1 aliphatic heterocycles. The Balaban J connectivity index is 1.27. The number of amides is 2. The molecule has 1 saturated heterocycles. The van der Waals surface area contributed by atoms with Crippen LogP contribution in [-0.4, -0.2) is 46.9 Å². The minimum absolute atomic E-state index is 0.0347. The van der Waals surface area contributed by atoms with Crippen LogP contribution in [0.3, 0.4) is 0 Å². The van der Waals surface area contributed by atoms with Gasteiger partial charge in [-0.2, -0.15) is 0 Å². The Morgan fingerprint density at radius 1 is 1.12 bits per heavy atom. The summed E-state index contributed by atoms with van der Waals surface area (Å²) in [6.45, 7) is 1.97. The van der Waals surface area contributed by atoms with Gasteiger partial charge in [-0.15, -0.1) is 11.3 Å². The van der Waals surface area contributed by atoms with E-state index < -0.39 is 18.0 Å². The first-order chi connectivity index (χ1) is 16.0. The Kier molecular flexibility index (Phi) is 7.34. The maximum absolute atomic E-state index is 12.5. The van der Waals surface area contributed by atoms with E-state index in [2.05, 4.69) is 16.4 Å². The number of esters is 1. The van der Waals surface area contributed by atoms with Gasteiger partial charge in [0.1, 0.15) is 6.54 Å². The molecule has 33 heavy (non-hydrogen) atoms. The molecule has 1 aliphatic rings. The Morgan fingerprint density at radius 3 is 2.70 bits per heavy atom. The second kappa shape index (κ2) is 10.6. The number of benzene rings is 2. The van der Waals surface area contributed by atoms with Gasteiger partial charge in [-0.25, -0.2) is 4.98 Å². The van der Waals surface area contributed by atoms with E-state index in [0.29, 0.717) is 18.7 Å². The number of likely N-dealkylation sites (tertiary alicyclic amines) is 1. The van der Waals surface area contributed by atoms with Gasteiger partial charge in [0.2, 0.25) is 5.91 Å². The van der Waals surface area contributed by atoms with Crippen LogP contribution in [0, 0.1) is 0 Å². The Hall–Kier alpha value is -3.26. The van der Waals surface area contributed by atoms with Gasteiger partial charge in [0.05, 0.1) is 15.2 Å². The van der Waals surface area contributed by atoms with Crippen LogP contribution in [0.25, 0.3) is 10.2 Å². The molecule has 2 heterocycles. The highest BCUT2D eigenvalue weighted by Gasteiger charge is 2.23. The minimum Gasteiger partial charge on any atom is -0.451 e. The smallest absolute Gasteiger partial charge is 0.326 e. The average molecular weight is 466 g/mol. The molecule has 0 aliphatic carbocycles. The highest BCUT2D eigenvalue weighted by atomic mass is 32.1. The van der Waals surface area contributed by atoms with Crippen LogP contribution in [0.5, 0.6) is 0 Å². The molecule has 1 N–H and O–H groups in total. The fourth-order valence-corrected chi connectivity index (χ4v) is 4.77. The number of carbonyl (C=O) groups is 3. The van der Waals surface area contributed by atoms with Crippen molar-refractivity contribution in [3.8, 4) is 0 Å². The van der Waals surface area contributed by atoms with Crippen LogP contribution in [0.4, 0.5) is 5.69 Å². The summed E-state index contributed by atoms with van der Waals surface area (Å²) in [5.74, 6) is -1.02. The van der Waals surface area contributed by atoms with Gasteiger partial charge >= 0.3 is 5.97 Å². The maximum atomic E-state index is 12.5. The van der Waals surface area contributed by atoms with Gasteiger partial charge in [-0.3, -0.25) is 14.4 Å². The van der Waals surface area contributed by atoms with Gasteiger partial charge in [-0.1, -0.05) is 30.7 Å². The number of carbonyl (C=O) groups excluding carboxylic acids is 3. The van der Waals surface area contributed by atoms with Gasteiger partial charge in [0.15, 0.2) is 6.10 Å². The Morgan fingerprint density at radius 2 is 1.91 bits per heavy atom. The zero-order valence-electron chi connectivity index (χ0n) is 18.6. The lowest BCUT2D eigenvalue weighted by atomic mass is 10.1. The van der Waals surface area contributed by atoms with Crippen molar-refractivity contribution in [1.82, 2.24) is 9.88 Å². The van der Waals surface area contributed by atoms with E-state index in [-0.39, 0.29) is 12.5 Å². The van der Waals surface area contributed by atoms with Crippen LogP contribution >= 0.6 is 11.3 Å². The second-order valence-electron chi connectivity index (χ2n) is 8.20. The lowest BCUT2D eigenvalue weighted by Gasteiger charge is -2.20. The van der Waals surface area contributed by atoms with Gasteiger partial charge in [-0.05, 0) is 49.6 Å². The zero-order valence-corrected chi connectivity index (χ0v) is 19.4. The second-order valence-corrected chi connectivity index (χ2v) is 9.31. The van der Waals surface area contributed by atoms with Crippen molar-refractivity contribution in [3.05, 3.63) is 59.1 Å². The van der Waals surface area contributed by atoms with Gasteiger partial charge in [0.25, 0.3) is 5.91 Å². The molecular weight excluding hydrogens is 438 g/mol. The average Bonchev–Trinajstić information content (AvgIpc) is 3.10. The van der Waals surface area contributed by atoms with Crippen LogP contribution in [0.15, 0.2) is 48.5 Å². The largest absolute Gasteiger partial charge is 0.451 e. The lowest BCUT2D eigenvalue weighted by molar-refractivity contribution is -0.156. The lowest BCUT2D eigenvalue weighted by Crippen LogP contribution is -2.38. The van der Waals surface area contributed by atoms with Crippen molar-refractivity contribution in [2.75, 3.05) is 18.4 Å². The minimum atomic E-state index is -0.956. The summed E-state index contributed by atoms with van der Waals surface area (Å²) in [5, 5.41) is 3.81. The highest BCUT2D eigenvalue weighted by molar-refractivity contribution is 7.18. The number of aromatic nitrogens is 1. The molecule has 2 amide bonds. The van der Waals surface area contributed by atoms with Gasteiger partial charge in [0, 0.05) is 25.1 Å². The number of nitrogens with zero attached hydrogens (tertiary/aromatic N) is 2. The molecule has 0 bridgehead atoms. The van der Waals surface area contributed by atoms with Crippen molar-refractivity contribution < 1.29 is 19.1 Å². The molecule has 0 unspecified atom stereocenters. The van der Waals surface area contributed by atoms with E-state index in [1.54, 1.807) is 11.3 Å². The molecule has 2 aromatic carbocycles. The van der Waals surface area contributed by atoms with Crippen molar-refractivity contribution in [1.29, 1.82) is 0 Å². The molecule has 3 aromatic rings. The number of ether oxygens (including phenoxy) is 1. The first-order valence-electron chi connectivity index (χ1n) is 11.2. The number of anilines is 1. The number of thiazole rings is 1. The van der Waals surface area contributed by atoms with Crippen LogP contribution in [0.2, 0.25) is 0 Å². The maximum Gasteiger partial charge on any atom is 0.326 e. The molecule has 1 atom stereocenters. The van der Waals surface area contributed by atoms with Crippen molar-refractivity contribution in [2.45, 2.75) is 45.1 Å². The molecule has 1 fully saturated rings. The molecule has 0 saturated carbocycles. The summed E-state index contributed by atoms with van der Waals surface area (Å²) in [7, 11) is 0. The number of hydrogen-bond acceptors (Lipinski definition) is 6. The van der Waals surface area contributed by atoms with Crippen LogP contribution in [-0.2, 0) is 25.5 Å². The van der Waals surface area contributed by atoms with E-state index in [4.69, 9.17) is 4.74 Å². The third-order valence-electron chi connectivity index (χ3n) is 5.58. The fourth-order valence-electron chi connectivity index (χ4n) is 3.77. The quantitative estimate of drug-likeness (QED) is 0.530. The third kappa shape index (κ3) is 6.16. The van der Waals surface area contributed by atoms with Gasteiger partial charge < -0.3 is 15.0 Å². The fraction of sp³-hybridized carbons (Fsp3) is 0.360. The van der Waals surface area contributed by atoms with Crippen LogP contribution in [0.1, 0.15) is 43.2 Å². The number of rotatable bonds is 7. The normalized spacial score (nSPS) is 15.2. The predicted octanol–water partition coefficient (Wildman–Crippen LogP) is 4.16. The summed E-state index contributed by atoms with van der Waals surface area (Å²) < 4.78 is 6.42. The van der Waals surface area contributed by atoms with Crippen molar-refractivity contribution in [3.63, 3.8) is 0 Å². The molecule has 4 rings (SSSR count). The Labute approximate surface area is 196 Å². The number of hydrogen-bond donors (Lipinski definition) is 1. The summed E-state index contributed by atoms with van der Waals surface area (Å²) in [6.07, 6.45) is 2.93. The Bertz CT molecular complexity index is 1110. The van der Waals surface area contributed by atoms with Crippen molar-refractivity contribution >= 4 is 45.0 Å². The monoisotopic (exact) mass is 465 g/mol. The highest BCUT2D eigenvalue weighted by Crippen LogP contribution is 2.24. The van der Waals surface area contributed by atoms with E-state index in [0.717, 1.165) is 41.8 Å². The standard InChI is InChI=1S/C25H27N3O4S/c1-17(32-24(30)16-28-14-6-2-3-9-23(28)29)25(31)26-19-12-10-18(11-13-19)15-22-27-20-7-4-5-8-21(20)33-22/h4-5,7-8,10-13,17H,2-3,6,9,14-16H2,1H3,(H,26,31)/t17-/m0/s1.